The Balaban J connectivity index is 1.84. The van der Waals surface area contributed by atoms with Gasteiger partial charge in [-0.3, -0.25) is 4.79 Å². The van der Waals surface area contributed by atoms with E-state index in [0.717, 1.165) is 4.47 Å². The van der Waals surface area contributed by atoms with Gasteiger partial charge in [-0.1, -0.05) is 12.1 Å². The molecule has 116 valence electrons. The Morgan fingerprint density at radius 1 is 1.24 bits per heavy atom. The Hall–Kier alpha value is -1.12. The van der Waals surface area contributed by atoms with Gasteiger partial charge < -0.3 is 9.64 Å². The highest BCUT2D eigenvalue weighted by Gasteiger charge is 2.26. The van der Waals surface area contributed by atoms with Crippen LogP contribution in [0.3, 0.4) is 0 Å². The normalized spacial score (nSPS) is 16.8. The molecule has 1 aliphatic rings. The Morgan fingerprint density at radius 3 is 2.43 bits per heavy atom. The maximum absolute atomic E-state index is 12.1. The molecule has 0 aromatic heterocycles. The maximum Gasteiger partial charge on any atom is 0.260 e. The fourth-order valence-electron chi connectivity index (χ4n) is 2.06. The van der Waals surface area contributed by atoms with Crippen molar-refractivity contribution < 1.29 is 17.9 Å². The van der Waals surface area contributed by atoms with Gasteiger partial charge in [-0.15, -0.1) is 0 Å². The number of amides is 1. The molecule has 0 atom stereocenters. The summed E-state index contributed by atoms with van der Waals surface area (Å²) in [7, 11) is -3.18. The molecule has 1 heterocycles. The number of carbonyl (C=O) groups is 1. The monoisotopic (exact) mass is 376 g/mol. The molecule has 0 spiro atoms. The highest BCUT2D eigenvalue weighted by atomic mass is 79.9. The third kappa shape index (κ3) is 4.42. The van der Waals surface area contributed by atoms with Crippen LogP contribution in [0.25, 0.3) is 0 Å². The molecule has 1 fully saturated rings. The van der Waals surface area contributed by atoms with Crippen LogP contribution in [0.4, 0.5) is 0 Å². The molecule has 0 bridgehead atoms. The van der Waals surface area contributed by atoms with Crippen LogP contribution in [0.5, 0.6) is 5.75 Å². The summed E-state index contributed by atoms with van der Waals surface area (Å²) in [5, 5.41) is 0. The van der Waals surface area contributed by atoms with Crippen LogP contribution in [0.1, 0.15) is 0 Å². The molecule has 0 unspecified atom stereocenters. The Bertz CT molecular complexity index is 612. The lowest BCUT2D eigenvalue weighted by molar-refractivity contribution is -0.134. The molecule has 0 saturated carbocycles. The molecular weight excluding hydrogens is 360 g/mol. The quantitative estimate of drug-likeness (QED) is 0.783. The summed E-state index contributed by atoms with van der Waals surface area (Å²) in [5.74, 6) is 0.472. The predicted molar refractivity (Wildman–Crippen MR) is 82.6 cm³/mol. The largest absolute Gasteiger partial charge is 0.483 e. The average molecular weight is 377 g/mol. The SMILES string of the molecule is CS(=O)(=O)N1CCN(C(=O)COc2ccccc2Br)CC1. The molecule has 0 aliphatic carbocycles. The van der Waals surface area contributed by atoms with Crippen LogP contribution in [0, 0.1) is 0 Å². The van der Waals surface area contributed by atoms with Gasteiger partial charge in [0.05, 0.1) is 10.7 Å². The summed E-state index contributed by atoms with van der Waals surface area (Å²) < 4.78 is 30.5. The van der Waals surface area contributed by atoms with Crippen molar-refractivity contribution in [1.29, 1.82) is 0 Å². The summed E-state index contributed by atoms with van der Waals surface area (Å²) in [6, 6.07) is 7.31. The lowest BCUT2D eigenvalue weighted by atomic mass is 10.3. The van der Waals surface area contributed by atoms with Crippen LogP contribution in [-0.4, -0.2) is 62.6 Å². The highest BCUT2D eigenvalue weighted by molar-refractivity contribution is 9.10. The van der Waals surface area contributed by atoms with E-state index in [1.807, 2.05) is 18.2 Å². The van der Waals surface area contributed by atoms with Crippen molar-refractivity contribution in [3.05, 3.63) is 28.7 Å². The van der Waals surface area contributed by atoms with Gasteiger partial charge >= 0.3 is 0 Å². The van der Waals surface area contributed by atoms with Crippen molar-refractivity contribution in [2.75, 3.05) is 39.0 Å². The number of ether oxygens (including phenoxy) is 1. The summed E-state index contributed by atoms with van der Waals surface area (Å²) >= 11 is 3.35. The third-order valence-electron chi connectivity index (χ3n) is 3.25. The Kier molecular flexibility index (Phi) is 5.23. The number of sulfonamides is 1. The molecule has 1 saturated heterocycles. The second kappa shape index (κ2) is 6.76. The molecule has 0 radical (unpaired) electrons. The number of para-hydroxylation sites is 1. The highest BCUT2D eigenvalue weighted by Crippen LogP contribution is 2.23. The van der Waals surface area contributed by atoms with Crippen LogP contribution in [0.15, 0.2) is 28.7 Å². The van der Waals surface area contributed by atoms with Gasteiger partial charge in [-0.2, -0.15) is 4.31 Å². The van der Waals surface area contributed by atoms with Crippen LogP contribution in [-0.2, 0) is 14.8 Å². The van der Waals surface area contributed by atoms with Crippen LogP contribution < -0.4 is 4.74 Å². The first-order valence-electron chi connectivity index (χ1n) is 6.48. The lowest BCUT2D eigenvalue weighted by Crippen LogP contribution is -2.51. The first-order valence-corrected chi connectivity index (χ1v) is 9.12. The van der Waals surface area contributed by atoms with E-state index in [0.29, 0.717) is 31.9 Å². The van der Waals surface area contributed by atoms with Gasteiger partial charge in [0.25, 0.3) is 5.91 Å². The molecule has 6 nitrogen and oxygen atoms in total. The van der Waals surface area contributed by atoms with Gasteiger partial charge in [-0.25, -0.2) is 8.42 Å². The molecule has 1 aromatic carbocycles. The minimum atomic E-state index is -3.18. The fraction of sp³-hybridized carbons (Fsp3) is 0.462. The van der Waals surface area contributed by atoms with E-state index in [1.54, 1.807) is 11.0 Å². The fourth-order valence-corrected chi connectivity index (χ4v) is 3.29. The van der Waals surface area contributed by atoms with Crippen molar-refractivity contribution >= 4 is 31.9 Å². The molecule has 1 aromatic rings. The molecule has 21 heavy (non-hydrogen) atoms. The van der Waals surface area contributed by atoms with E-state index in [-0.39, 0.29) is 12.5 Å². The first kappa shape index (κ1) is 16.3. The van der Waals surface area contributed by atoms with Gasteiger partial charge in [0.1, 0.15) is 5.75 Å². The van der Waals surface area contributed by atoms with E-state index < -0.39 is 10.0 Å². The van der Waals surface area contributed by atoms with Crippen molar-refractivity contribution in [2.24, 2.45) is 0 Å². The van der Waals surface area contributed by atoms with E-state index in [4.69, 9.17) is 4.74 Å². The van der Waals surface area contributed by atoms with E-state index in [9.17, 15) is 13.2 Å². The lowest BCUT2D eigenvalue weighted by Gasteiger charge is -2.33. The smallest absolute Gasteiger partial charge is 0.260 e. The van der Waals surface area contributed by atoms with E-state index >= 15 is 0 Å². The average Bonchev–Trinajstić information content (AvgIpc) is 2.45. The molecular formula is C13H17BrN2O4S. The zero-order valence-corrected chi connectivity index (χ0v) is 14.1. The number of benzene rings is 1. The number of halogens is 1. The standard InChI is InChI=1S/C13H17BrN2O4S/c1-21(18,19)16-8-6-15(7-9-16)13(17)10-20-12-5-3-2-4-11(12)14/h2-5H,6-10H2,1H3. The Labute approximate surface area is 132 Å². The van der Waals surface area contributed by atoms with Crippen molar-refractivity contribution in [1.82, 2.24) is 9.21 Å². The topological polar surface area (TPSA) is 66.9 Å². The second-order valence-electron chi connectivity index (χ2n) is 4.76. The zero-order chi connectivity index (χ0) is 15.5. The number of carbonyl (C=O) groups excluding carboxylic acids is 1. The maximum atomic E-state index is 12.1. The van der Waals surface area contributed by atoms with Gasteiger partial charge in [-0.05, 0) is 28.1 Å². The minimum Gasteiger partial charge on any atom is -0.483 e. The van der Waals surface area contributed by atoms with Crippen molar-refractivity contribution in [3.8, 4) is 5.75 Å². The number of piperazine rings is 1. The van der Waals surface area contributed by atoms with Gasteiger partial charge in [0.15, 0.2) is 6.61 Å². The molecule has 0 N–H and O–H groups in total. The number of rotatable bonds is 4. The van der Waals surface area contributed by atoms with Crippen molar-refractivity contribution in [2.45, 2.75) is 0 Å². The molecule has 1 aliphatic heterocycles. The molecule has 2 rings (SSSR count). The van der Waals surface area contributed by atoms with Crippen molar-refractivity contribution in [3.63, 3.8) is 0 Å². The van der Waals surface area contributed by atoms with Crippen LogP contribution in [0.2, 0.25) is 0 Å². The summed E-state index contributed by atoms with van der Waals surface area (Å²) in [6.45, 7) is 1.40. The number of hydrogen-bond donors (Lipinski definition) is 0. The van der Waals surface area contributed by atoms with Gasteiger partial charge in [0.2, 0.25) is 10.0 Å². The zero-order valence-electron chi connectivity index (χ0n) is 11.7. The number of nitrogens with zero attached hydrogens (tertiary/aromatic N) is 2. The first-order chi connectivity index (χ1) is 9.88. The molecule has 1 amide bonds. The Morgan fingerprint density at radius 2 is 1.86 bits per heavy atom. The van der Waals surface area contributed by atoms with E-state index in [2.05, 4.69) is 15.9 Å². The molecule has 8 heteroatoms. The minimum absolute atomic E-state index is 0.0541. The summed E-state index contributed by atoms with van der Waals surface area (Å²) in [4.78, 5) is 13.7. The summed E-state index contributed by atoms with van der Waals surface area (Å²) in [5.41, 5.74) is 0. The number of hydrogen-bond acceptors (Lipinski definition) is 4. The second-order valence-corrected chi connectivity index (χ2v) is 7.60. The van der Waals surface area contributed by atoms with Crippen LogP contribution >= 0.6 is 15.9 Å². The van der Waals surface area contributed by atoms with E-state index in [1.165, 1.54) is 10.6 Å². The summed E-state index contributed by atoms with van der Waals surface area (Å²) in [6.07, 6.45) is 1.18. The third-order valence-corrected chi connectivity index (χ3v) is 5.21. The van der Waals surface area contributed by atoms with Gasteiger partial charge in [0, 0.05) is 26.2 Å². The predicted octanol–water partition coefficient (Wildman–Crippen LogP) is 0.932.